The Balaban J connectivity index is 1.48. The molecule has 0 N–H and O–H groups in total. The van der Waals surface area contributed by atoms with Gasteiger partial charge in [-0.15, -0.1) is 0 Å². The van der Waals surface area contributed by atoms with Crippen LogP contribution in [0, 0.1) is 6.92 Å². The number of rotatable bonds is 3. The lowest BCUT2D eigenvalue weighted by Crippen LogP contribution is -2.41. The Kier molecular flexibility index (Phi) is 4.72. The van der Waals surface area contributed by atoms with Gasteiger partial charge in [0.15, 0.2) is 0 Å². The highest BCUT2D eigenvalue weighted by Crippen LogP contribution is 2.42. The minimum absolute atomic E-state index is 0.0241. The van der Waals surface area contributed by atoms with Crippen molar-refractivity contribution in [2.24, 2.45) is 0 Å². The molecule has 2 aromatic carbocycles. The molecule has 0 atom stereocenters. The van der Waals surface area contributed by atoms with Crippen LogP contribution in [0.25, 0.3) is 0 Å². The molecule has 6 heteroatoms. The van der Waals surface area contributed by atoms with Crippen molar-refractivity contribution in [3.8, 4) is 5.75 Å². The topological polar surface area (TPSA) is 48.0 Å². The number of hydrogen-bond acceptors (Lipinski definition) is 4. The lowest BCUT2D eigenvalue weighted by molar-refractivity contribution is 0.00578. The molecule has 0 aromatic heterocycles. The minimum atomic E-state index is -0.461. The lowest BCUT2D eigenvalue weighted by atomic mass is 9.75. The van der Waals surface area contributed by atoms with E-state index in [-0.39, 0.29) is 5.91 Å². The van der Waals surface area contributed by atoms with Crippen molar-refractivity contribution >= 4 is 24.2 Å². The van der Waals surface area contributed by atoms with Crippen LogP contribution in [-0.4, -0.2) is 37.4 Å². The number of anilines is 1. The summed E-state index contributed by atoms with van der Waals surface area (Å²) in [5.74, 6) is 1.31. The number of carbonyl (C=O) groups is 1. The molecule has 2 heterocycles. The second-order valence-electron chi connectivity index (χ2n) is 9.91. The molecule has 0 unspecified atom stereocenters. The average Bonchev–Trinajstić information content (AvgIpc) is 3.53. The van der Waals surface area contributed by atoms with Crippen LogP contribution in [-0.2, 0) is 9.31 Å². The maximum absolute atomic E-state index is 13.5. The summed E-state index contributed by atoms with van der Waals surface area (Å²) < 4.78 is 18.5. The van der Waals surface area contributed by atoms with E-state index in [0.29, 0.717) is 30.4 Å². The molecular weight excluding hydrogens is 389 g/mol. The van der Waals surface area contributed by atoms with Crippen molar-refractivity contribution < 1.29 is 18.8 Å². The lowest BCUT2D eigenvalue weighted by Gasteiger charge is -2.32. The van der Waals surface area contributed by atoms with Crippen molar-refractivity contribution in [1.29, 1.82) is 0 Å². The van der Waals surface area contributed by atoms with Gasteiger partial charge in [-0.1, -0.05) is 18.2 Å². The molecule has 0 spiro atoms. The zero-order chi connectivity index (χ0) is 22.0. The Bertz CT molecular complexity index is 1030. The van der Waals surface area contributed by atoms with Gasteiger partial charge in [0.25, 0.3) is 5.91 Å². The number of hydrogen-bond donors (Lipinski definition) is 0. The van der Waals surface area contributed by atoms with Crippen LogP contribution >= 0.6 is 0 Å². The molecule has 162 valence electrons. The van der Waals surface area contributed by atoms with Crippen molar-refractivity contribution in [2.75, 3.05) is 18.1 Å². The molecule has 3 aliphatic rings. The first-order valence-corrected chi connectivity index (χ1v) is 11.2. The molecule has 1 amide bonds. The van der Waals surface area contributed by atoms with Crippen molar-refractivity contribution in [3.63, 3.8) is 0 Å². The standard InChI is InChI=1S/C25H30BNO4/c1-16-20(26-30-24(2,3)25(4,5)31-26)7-6-8-21(16)27-13-14-29-22-15-18(17-9-10-17)11-12-19(22)23(27)28/h6-8,11-12,15,17H,9-10,13-14H2,1-5H3. The van der Waals surface area contributed by atoms with Gasteiger partial charge in [0.1, 0.15) is 12.4 Å². The Morgan fingerprint density at radius 2 is 1.74 bits per heavy atom. The molecule has 2 aromatic rings. The Hall–Kier alpha value is -2.31. The SMILES string of the molecule is Cc1c(B2OC(C)(C)C(C)(C)O2)cccc1N1CCOc2cc(C3CC3)ccc2C1=O. The summed E-state index contributed by atoms with van der Waals surface area (Å²) in [7, 11) is -0.461. The van der Waals surface area contributed by atoms with Crippen LogP contribution in [0.15, 0.2) is 36.4 Å². The third-order valence-electron chi connectivity index (χ3n) is 7.25. The molecule has 5 nitrogen and oxygen atoms in total. The average molecular weight is 419 g/mol. The number of benzene rings is 2. The monoisotopic (exact) mass is 419 g/mol. The van der Waals surface area contributed by atoms with E-state index in [0.717, 1.165) is 16.7 Å². The molecule has 2 aliphatic heterocycles. The van der Waals surface area contributed by atoms with E-state index < -0.39 is 18.3 Å². The summed E-state index contributed by atoms with van der Waals surface area (Å²) in [4.78, 5) is 15.3. The molecule has 5 rings (SSSR count). The van der Waals surface area contributed by atoms with E-state index in [4.69, 9.17) is 14.0 Å². The van der Waals surface area contributed by atoms with E-state index in [1.165, 1.54) is 18.4 Å². The van der Waals surface area contributed by atoms with Gasteiger partial charge in [-0.2, -0.15) is 0 Å². The van der Waals surface area contributed by atoms with Crippen molar-refractivity contribution in [2.45, 2.75) is 64.6 Å². The third-order valence-corrected chi connectivity index (χ3v) is 7.25. The van der Waals surface area contributed by atoms with Crippen LogP contribution < -0.4 is 15.1 Å². The molecule has 2 fully saturated rings. The fourth-order valence-electron chi connectivity index (χ4n) is 4.39. The summed E-state index contributed by atoms with van der Waals surface area (Å²) in [5.41, 5.74) is 3.90. The Labute approximate surface area is 184 Å². The number of nitrogens with zero attached hydrogens (tertiary/aromatic N) is 1. The highest BCUT2D eigenvalue weighted by Gasteiger charge is 2.52. The second kappa shape index (κ2) is 7.11. The molecule has 31 heavy (non-hydrogen) atoms. The normalized spacial score (nSPS) is 22.2. The number of fused-ring (bicyclic) bond motifs is 1. The van der Waals surface area contributed by atoms with Crippen LogP contribution in [0.2, 0.25) is 0 Å². The maximum Gasteiger partial charge on any atom is 0.495 e. The molecule has 1 saturated heterocycles. The highest BCUT2D eigenvalue weighted by atomic mass is 16.7. The number of amides is 1. The summed E-state index contributed by atoms with van der Waals surface area (Å²) in [6, 6.07) is 12.0. The van der Waals surface area contributed by atoms with E-state index in [2.05, 4.69) is 39.8 Å². The van der Waals surface area contributed by atoms with Crippen LogP contribution in [0.3, 0.4) is 0 Å². The highest BCUT2D eigenvalue weighted by molar-refractivity contribution is 6.62. The molecule has 0 bridgehead atoms. The summed E-state index contributed by atoms with van der Waals surface area (Å²) in [5, 5.41) is 0. The predicted octanol–water partition coefficient (Wildman–Crippen LogP) is 4.21. The fourth-order valence-corrected chi connectivity index (χ4v) is 4.39. The van der Waals surface area contributed by atoms with Crippen molar-refractivity contribution in [1.82, 2.24) is 0 Å². The first-order valence-electron chi connectivity index (χ1n) is 11.2. The summed E-state index contributed by atoms with van der Waals surface area (Å²) >= 11 is 0. The summed E-state index contributed by atoms with van der Waals surface area (Å²) in [6.07, 6.45) is 2.45. The molecule has 1 saturated carbocycles. The Morgan fingerprint density at radius 1 is 1.03 bits per heavy atom. The van der Waals surface area contributed by atoms with E-state index >= 15 is 0 Å². The zero-order valence-corrected chi connectivity index (χ0v) is 19.0. The van der Waals surface area contributed by atoms with Gasteiger partial charge in [0.2, 0.25) is 0 Å². The molecular formula is C25H30BNO4. The largest absolute Gasteiger partial charge is 0.495 e. The van der Waals surface area contributed by atoms with Crippen LogP contribution in [0.1, 0.15) is 67.9 Å². The van der Waals surface area contributed by atoms with Crippen LogP contribution in [0.4, 0.5) is 5.69 Å². The van der Waals surface area contributed by atoms with Gasteiger partial charge in [-0.3, -0.25) is 4.79 Å². The number of carbonyl (C=O) groups excluding carboxylic acids is 1. The third kappa shape index (κ3) is 3.46. The van der Waals surface area contributed by atoms with E-state index in [9.17, 15) is 4.79 Å². The van der Waals surface area contributed by atoms with Crippen LogP contribution in [0.5, 0.6) is 5.75 Å². The molecule has 0 radical (unpaired) electrons. The Morgan fingerprint density at radius 3 is 2.42 bits per heavy atom. The first-order chi connectivity index (χ1) is 14.7. The van der Waals surface area contributed by atoms with Gasteiger partial charge in [0.05, 0.1) is 23.3 Å². The first kappa shape index (κ1) is 20.6. The smallest absolute Gasteiger partial charge is 0.491 e. The zero-order valence-electron chi connectivity index (χ0n) is 19.0. The maximum atomic E-state index is 13.5. The van der Waals surface area contributed by atoms with Gasteiger partial charge >= 0.3 is 7.12 Å². The quantitative estimate of drug-likeness (QED) is 0.700. The minimum Gasteiger partial charge on any atom is -0.491 e. The van der Waals surface area contributed by atoms with Gasteiger partial charge in [0, 0.05) is 5.69 Å². The van der Waals surface area contributed by atoms with Gasteiger partial charge in [-0.25, -0.2) is 0 Å². The van der Waals surface area contributed by atoms with Gasteiger partial charge in [-0.05, 0) is 88.2 Å². The van der Waals surface area contributed by atoms with Crippen molar-refractivity contribution in [3.05, 3.63) is 53.1 Å². The molecule has 1 aliphatic carbocycles. The number of ether oxygens (including phenoxy) is 1. The van der Waals surface area contributed by atoms with E-state index in [1.54, 1.807) is 0 Å². The van der Waals surface area contributed by atoms with Gasteiger partial charge < -0.3 is 18.9 Å². The second-order valence-corrected chi connectivity index (χ2v) is 9.91. The van der Waals surface area contributed by atoms with E-state index in [1.807, 2.05) is 36.1 Å². The predicted molar refractivity (Wildman–Crippen MR) is 122 cm³/mol. The summed E-state index contributed by atoms with van der Waals surface area (Å²) in [6.45, 7) is 11.2. The fraction of sp³-hybridized carbons (Fsp3) is 0.480.